The Morgan fingerprint density at radius 1 is 1.27 bits per heavy atom. The van der Waals surface area contributed by atoms with E-state index in [0.29, 0.717) is 12.3 Å². The SMILES string of the molecule is CCCCC(=O)OC(=O)CC(S)C(C)C. The topological polar surface area (TPSA) is 43.4 Å². The fourth-order valence-corrected chi connectivity index (χ4v) is 1.10. The molecule has 1 atom stereocenters. The van der Waals surface area contributed by atoms with Crippen molar-refractivity contribution in [2.75, 3.05) is 0 Å². The standard InChI is InChI=1S/C11H20O3S/c1-4-5-6-10(12)14-11(13)7-9(15)8(2)3/h8-9,15H,4-7H2,1-3H3. The molecule has 0 saturated carbocycles. The highest BCUT2D eigenvalue weighted by atomic mass is 32.1. The van der Waals surface area contributed by atoms with E-state index in [-0.39, 0.29) is 11.7 Å². The molecule has 88 valence electrons. The summed E-state index contributed by atoms with van der Waals surface area (Å²) in [6, 6.07) is 0. The normalized spacial score (nSPS) is 12.6. The third kappa shape index (κ3) is 7.42. The van der Waals surface area contributed by atoms with Crippen molar-refractivity contribution < 1.29 is 14.3 Å². The lowest BCUT2D eigenvalue weighted by Gasteiger charge is -2.12. The van der Waals surface area contributed by atoms with Crippen LogP contribution in [0.15, 0.2) is 0 Å². The summed E-state index contributed by atoms with van der Waals surface area (Å²) in [5, 5.41) is -0.0449. The molecule has 0 aromatic carbocycles. The highest BCUT2D eigenvalue weighted by molar-refractivity contribution is 7.81. The number of hydrogen-bond donors (Lipinski definition) is 1. The molecule has 3 nitrogen and oxygen atoms in total. The molecular formula is C11H20O3S. The number of unbranched alkanes of at least 4 members (excludes halogenated alkanes) is 1. The van der Waals surface area contributed by atoms with Crippen LogP contribution in [0.5, 0.6) is 0 Å². The van der Waals surface area contributed by atoms with Gasteiger partial charge in [0.05, 0.1) is 6.42 Å². The van der Waals surface area contributed by atoms with Gasteiger partial charge in [0.1, 0.15) is 0 Å². The molecule has 0 bridgehead atoms. The molecule has 0 fully saturated rings. The zero-order valence-corrected chi connectivity index (χ0v) is 10.5. The maximum absolute atomic E-state index is 11.2. The molecular weight excluding hydrogens is 212 g/mol. The molecule has 0 heterocycles. The van der Waals surface area contributed by atoms with Crippen molar-refractivity contribution in [1.29, 1.82) is 0 Å². The summed E-state index contributed by atoms with van der Waals surface area (Å²) in [5.41, 5.74) is 0. The van der Waals surface area contributed by atoms with Crippen LogP contribution in [0.1, 0.15) is 46.5 Å². The Morgan fingerprint density at radius 2 is 1.87 bits per heavy atom. The van der Waals surface area contributed by atoms with E-state index in [1.807, 2.05) is 20.8 Å². The van der Waals surface area contributed by atoms with Gasteiger partial charge in [-0.05, 0) is 12.3 Å². The van der Waals surface area contributed by atoms with Crippen LogP contribution in [0.2, 0.25) is 0 Å². The van der Waals surface area contributed by atoms with Crippen LogP contribution in [0.4, 0.5) is 0 Å². The molecule has 0 aliphatic rings. The predicted molar refractivity (Wildman–Crippen MR) is 62.9 cm³/mol. The van der Waals surface area contributed by atoms with E-state index in [2.05, 4.69) is 17.4 Å². The van der Waals surface area contributed by atoms with Gasteiger partial charge in [-0.1, -0.05) is 27.2 Å². The Bertz CT molecular complexity index is 214. The minimum absolute atomic E-state index is 0.0449. The van der Waals surface area contributed by atoms with Crippen LogP contribution in [-0.2, 0) is 14.3 Å². The zero-order valence-electron chi connectivity index (χ0n) is 9.66. The molecule has 0 aliphatic heterocycles. The number of carbonyl (C=O) groups excluding carboxylic acids is 2. The summed E-state index contributed by atoms with van der Waals surface area (Å²) >= 11 is 4.25. The van der Waals surface area contributed by atoms with Crippen molar-refractivity contribution in [3.63, 3.8) is 0 Å². The van der Waals surface area contributed by atoms with Gasteiger partial charge in [0.25, 0.3) is 0 Å². The van der Waals surface area contributed by atoms with Gasteiger partial charge in [-0.3, -0.25) is 9.59 Å². The number of rotatable bonds is 6. The molecule has 0 aliphatic carbocycles. The van der Waals surface area contributed by atoms with Crippen LogP contribution in [-0.4, -0.2) is 17.2 Å². The highest BCUT2D eigenvalue weighted by Gasteiger charge is 2.16. The number of ether oxygens (including phenoxy) is 1. The van der Waals surface area contributed by atoms with Gasteiger partial charge in [0.15, 0.2) is 0 Å². The smallest absolute Gasteiger partial charge is 0.314 e. The second-order valence-electron chi connectivity index (χ2n) is 3.97. The number of carbonyl (C=O) groups is 2. The summed E-state index contributed by atoms with van der Waals surface area (Å²) in [6.07, 6.45) is 2.20. The van der Waals surface area contributed by atoms with Crippen molar-refractivity contribution in [3.05, 3.63) is 0 Å². The first-order valence-electron chi connectivity index (χ1n) is 5.39. The van der Waals surface area contributed by atoms with Gasteiger partial charge in [-0.2, -0.15) is 12.6 Å². The van der Waals surface area contributed by atoms with Crippen molar-refractivity contribution >= 4 is 24.6 Å². The Balaban J connectivity index is 3.78. The predicted octanol–water partition coefficient (Wildman–Crippen LogP) is 2.59. The molecule has 4 heteroatoms. The molecule has 0 aromatic heterocycles. The summed E-state index contributed by atoms with van der Waals surface area (Å²) in [4.78, 5) is 22.3. The van der Waals surface area contributed by atoms with Crippen molar-refractivity contribution in [1.82, 2.24) is 0 Å². The van der Waals surface area contributed by atoms with Crippen molar-refractivity contribution in [2.45, 2.75) is 51.7 Å². The lowest BCUT2D eigenvalue weighted by atomic mass is 10.1. The Hall–Kier alpha value is -0.510. The quantitative estimate of drug-likeness (QED) is 0.435. The molecule has 1 unspecified atom stereocenters. The Labute approximate surface area is 97.0 Å². The summed E-state index contributed by atoms with van der Waals surface area (Å²) in [7, 11) is 0. The molecule has 0 aromatic rings. The number of hydrogen-bond acceptors (Lipinski definition) is 4. The van der Waals surface area contributed by atoms with Crippen LogP contribution in [0.3, 0.4) is 0 Å². The summed E-state index contributed by atoms with van der Waals surface area (Å²) in [5.74, 6) is -0.595. The van der Waals surface area contributed by atoms with E-state index in [1.165, 1.54) is 0 Å². The third-order valence-electron chi connectivity index (χ3n) is 2.11. The summed E-state index contributed by atoms with van der Waals surface area (Å²) < 4.78 is 4.65. The summed E-state index contributed by atoms with van der Waals surface area (Å²) in [6.45, 7) is 5.94. The van der Waals surface area contributed by atoms with E-state index in [1.54, 1.807) is 0 Å². The van der Waals surface area contributed by atoms with E-state index in [4.69, 9.17) is 0 Å². The van der Waals surface area contributed by atoms with Gasteiger partial charge in [-0.25, -0.2) is 0 Å². The fraction of sp³-hybridized carbons (Fsp3) is 0.818. The molecule has 15 heavy (non-hydrogen) atoms. The first-order valence-corrected chi connectivity index (χ1v) is 5.90. The van der Waals surface area contributed by atoms with Gasteiger partial charge in [-0.15, -0.1) is 0 Å². The van der Waals surface area contributed by atoms with Crippen LogP contribution < -0.4 is 0 Å². The van der Waals surface area contributed by atoms with Gasteiger partial charge in [0, 0.05) is 11.7 Å². The molecule has 0 N–H and O–H groups in total. The highest BCUT2D eigenvalue weighted by Crippen LogP contribution is 2.13. The average molecular weight is 232 g/mol. The molecule has 0 radical (unpaired) electrons. The molecule has 0 rings (SSSR count). The number of esters is 2. The van der Waals surface area contributed by atoms with Gasteiger partial charge in [0.2, 0.25) is 0 Å². The second-order valence-corrected chi connectivity index (χ2v) is 4.63. The largest absolute Gasteiger partial charge is 0.393 e. The Kier molecular flexibility index (Phi) is 7.48. The maximum Gasteiger partial charge on any atom is 0.314 e. The average Bonchev–Trinajstić information content (AvgIpc) is 2.14. The van der Waals surface area contributed by atoms with Gasteiger partial charge < -0.3 is 4.74 Å². The Morgan fingerprint density at radius 3 is 2.33 bits per heavy atom. The third-order valence-corrected chi connectivity index (χ3v) is 2.89. The van der Waals surface area contributed by atoms with E-state index in [0.717, 1.165) is 12.8 Å². The first kappa shape index (κ1) is 14.5. The van der Waals surface area contributed by atoms with Gasteiger partial charge >= 0.3 is 11.9 Å². The molecule has 0 saturated heterocycles. The monoisotopic (exact) mass is 232 g/mol. The lowest BCUT2D eigenvalue weighted by molar-refractivity contribution is -0.159. The van der Waals surface area contributed by atoms with Crippen molar-refractivity contribution in [3.8, 4) is 0 Å². The maximum atomic E-state index is 11.2. The van der Waals surface area contributed by atoms with E-state index >= 15 is 0 Å². The second kappa shape index (κ2) is 7.74. The fourth-order valence-electron chi connectivity index (χ4n) is 0.947. The minimum atomic E-state index is -0.468. The van der Waals surface area contributed by atoms with Crippen molar-refractivity contribution in [2.24, 2.45) is 5.92 Å². The number of thiol groups is 1. The van der Waals surface area contributed by atoms with E-state index < -0.39 is 11.9 Å². The van der Waals surface area contributed by atoms with E-state index in [9.17, 15) is 9.59 Å². The van der Waals surface area contributed by atoms with Crippen LogP contribution >= 0.6 is 12.6 Å². The lowest BCUT2D eigenvalue weighted by Crippen LogP contribution is -2.19. The molecule has 0 spiro atoms. The van der Waals surface area contributed by atoms with Crippen LogP contribution in [0, 0.1) is 5.92 Å². The van der Waals surface area contributed by atoms with Crippen LogP contribution in [0.25, 0.3) is 0 Å². The minimum Gasteiger partial charge on any atom is -0.393 e. The first-order chi connectivity index (χ1) is 6.97. The zero-order chi connectivity index (χ0) is 11.8. The molecule has 0 amide bonds.